The van der Waals surface area contributed by atoms with Crippen molar-refractivity contribution < 1.29 is 18.3 Å². The van der Waals surface area contributed by atoms with Crippen molar-refractivity contribution in [2.75, 3.05) is 11.8 Å². The second kappa shape index (κ2) is 6.34. The van der Waals surface area contributed by atoms with Gasteiger partial charge >= 0.3 is 0 Å². The van der Waals surface area contributed by atoms with Gasteiger partial charge in [-0.2, -0.15) is 0 Å². The normalized spacial score (nSPS) is 11.2. The molecule has 0 aliphatic rings. The minimum atomic E-state index is -3.73. The van der Waals surface area contributed by atoms with Gasteiger partial charge in [-0.25, -0.2) is 8.42 Å². The van der Waals surface area contributed by atoms with Gasteiger partial charge in [-0.15, -0.1) is 0 Å². The fourth-order valence-corrected chi connectivity index (χ4v) is 3.11. The van der Waals surface area contributed by atoms with Crippen LogP contribution in [0.5, 0.6) is 5.75 Å². The average Bonchev–Trinajstić information content (AvgIpc) is 2.47. The highest BCUT2D eigenvalue weighted by Gasteiger charge is 2.16. The molecular formula is C14H14ClNO4S. The third kappa shape index (κ3) is 3.66. The first-order valence-electron chi connectivity index (χ1n) is 6.02. The van der Waals surface area contributed by atoms with Gasteiger partial charge in [0.25, 0.3) is 10.0 Å². The third-order valence-electron chi connectivity index (χ3n) is 2.82. The molecule has 0 aromatic heterocycles. The SMILES string of the molecule is COc1ccc(S(=O)(=O)Nc2ccc(CO)cc2)cc1Cl. The van der Waals surface area contributed by atoms with Crippen molar-refractivity contribution in [1.82, 2.24) is 0 Å². The smallest absolute Gasteiger partial charge is 0.261 e. The zero-order valence-electron chi connectivity index (χ0n) is 11.2. The van der Waals surface area contributed by atoms with Crippen LogP contribution < -0.4 is 9.46 Å². The number of rotatable bonds is 5. The largest absolute Gasteiger partial charge is 0.495 e. The number of ether oxygens (including phenoxy) is 1. The highest BCUT2D eigenvalue weighted by atomic mass is 35.5. The molecular weight excluding hydrogens is 314 g/mol. The Morgan fingerprint density at radius 3 is 2.38 bits per heavy atom. The van der Waals surface area contributed by atoms with Gasteiger partial charge in [-0.1, -0.05) is 23.7 Å². The molecule has 0 fully saturated rings. The van der Waals surface area contributed by atoms with Gasteiger partial charge in [0.15, 0.2) is 0 Å². The molecule has 2 N–H and O–H groups in total. The lowest BCUT2D eigenvalue weighted by Crippen LogP contribution is -2.13. The van der Waals surface area contributed by atoms with E-state index in [1.54, 1.807) is 24.3 Å². The molecule has 0 atom stereocenters. The van der Waals surface area contributed by atoms with E-state index < -0.39 is 10.0 Å². The van der Waals surface area contributed by atoms with Crippen LogP contribution in [0, 0.1) is 0 Å². The zero-order chi connectivity index (χ0) is 15.5. The van der Waals surface area contributed by atoms with E-state index in [-0.39, 0.29) is 16.5 Å². The van der Waals surface area contributed by atoms with Crippen molar-refractivity contribution in [3.63, 3.8) is 0 Å². The molecule has 5 nitrogen and oxygen atoms in total. The number of aliphatic hydroxyl groups excluding tert-OH is 1. The second-order valence-corrected chi connectivity index (χ2v) is 6.35. The summed E-state index contributed by atoms with van der Waals surface area (Å²) in [6.45, 7) is -0.0961. The number of halogens is 1. The van der Waals surface area contributed by atoms with Crippen molar-refractivity contribution in [3.05, 3.63) is 53.1 Å². The molecule has 2 rings (SSSR count). The summed E-state index contributed by atoms with van der Waals surface area (Å²) in [6.07, 6.45) is 0. The van der Waals surface area contributed by atoms with Crippen molar-refractivity contribution in [1.29, 1.82) is 0 Å². The molecule has 0 heterocycles. The Morgan fingerprint density at radius 2 is 1.86 bits per heavy atom. The number of aliphatic hydroxyl groups is 1. The van der Waals surface area contributed by atoms with E-state index in [1.165, 1.54) is 25.3 Å². The van der Waals surface area contributed by atoms with Gasteiger partial charge < -0.3 is 9.84 Å². The van der Waals surface area contributed by atoms with Crippen LogP contribution in [-0.2, 0) is 16.6 Å². The molecule has 2 aromatic carbocycles. The monoisotopic (exact) mass is 327 g/mol. The molecule has 0 aliphatic heterocycles. The highest BCUT2D eigenvalue weighted by molar-refractivity contribution is 7.92. The molecule has 0 amide bonds. The molecule has 7 heteroatoms. The van der Waals surface area contributed by atoms with E-state index in [4.69, 9.17) is 21.4 Å². The lowest BCUT2D eigenvalue weighted by molar-refractivity contribution is 0.282. The van der Waals surface area contributed by atoms with Crippen molar-refractivity contribution in [2.24, 2.45) is 0 Å². The van der Waals surface area contributed by atoms with Crippen LogP contribution >= 0.6 is 11.6 Å². The first kappa shape index (κ1) is 15.6. The van der Waals surface area contributed by atoms with Gasteiger partial charge in [0.2, 0.25) is 0 Å². The van der Waals surface area contributed by atoms with E-state index >= 15 is 0 Å². The maximum absolute atomic E-state index is 12.2. The number of sulfonamides is 1. The fourth-order valence-electron chi connectivity index (χ4n) is 1.71. The summed E-state index contributed by atoms with van der Waals surface area (Å²) >= 11 is 5.93. The molecule has 112 valence electrons. The molecule has 2 aromatic rings. The molecule has 21 heavy (non-hydrogen) atoms. The summed E-state index contributed by atoms with van der Waals surface area (Å²) in [5.41, 5.74) is 1.10. The van der Waals surface area contributed by atoms with Crippen LogP contribution in [0.4, 0.5) is 5.69 Å². The molecule has 0 spiro atoms. The molecule has 0 unspecified atom stereocenters. The van der Waals surface area contributed by atoms with Crippen LogP contribution in [0.15, 0.2) is 47.4 Å². The lowest BCUT2D eigenvalue weighted by Gasteiger charge is -2.10. The summed E-state index contributed by atoms with van der Waals surface area (Å²) in [7, 11) is -2.28. The van der Waals surface area contributed by atoms with Crippen LogP contribution in [0.2, 0.25) is 5.02 Å². The van der Waals surface area contributed by atoms with E-state index in [0.29, 0.717) is 17.0 Å². The van der Waals surface area contributed by atoms with Gasteiger partial charge in [0, 0.05) is 5.69 Å². The van der Waals surface area contributed by atoms with Crippen LogP contribution in [0.3, 0.4) is 0 Å². The minimum Gasteiger partial charge on any atom is -0.495 e. The Labute approximate surface area is 128 Å². The fraction of sp³-hybridized carbons (Fsp3) is 0.143. The Hall–Kier alpha value is -1.76. The number of methoxy groups -OCH3 is 1. The predicted molar refractivity (Wildman–Crippen MR) is 81.2 cm³/mol. The number of nitrogens with one attached hydrogen (secondary N) is 1. The summed E-state index contributed by atoms with van der Waals surface area (Å²) in [6, 6.07) is 10.7. The summed E-state index contributed by atoms with van der Waals surface area (Å²) < 4.78 is 31.9. The summed E-state index contributed by atoms with van der Waals surface area (Å²) in [5.74, 6) is 0.405. The van der Waals surface area contributed by atoms with Gasteiger partial charge in [0.1, 0.15) is 5.75 Å². The standard InChI is InChI=1S/C14H14ClNO4S/c1-20-14-7-6-12(8-13(14)15)21(18,19)16-11-4-2-10(9-17)3-5-11/h2-8,16-17H,9H2,1H3. The number of anilines is 1. The number of hydrogen-bond acceptors (Lipinski definition) is 4. The summed E-state index contributed by atoms with van der Waals surface area (Å²) in [4.78, 5) is 0.0412. The van der Waals surface area contributed by atoms with E-state index in [0.717, 1.165) is 0 Å². The van der Waals surface area contributed by atoms with Crippen LogP contribution in [-0.4, -0.2) is 20.6 Å². The van der Waals surface area contributed by atoms with Crippen molar-refractivity contribution >= 4 is 27.3 Å². The zero-order valence-corrected chi connectivity index (χ0v) is 12.8. The van der Waals surface area contributed by atoms with Crippen LogP contribution in [0.25, 0.3) is 0 Å². The quantitative estimate of drug-likeness (QED) is 0.885. The van der Waals surface area contributed by atoms with Crippen molar-refractivity contribution in [2.45, 2.75) is 11.5 Å². The van der Waals surface area contributed by atoms with Gasteiger partial charge in [-0.3, -0.25) is 4.72 Å². The number of hydrogen-bond donors (Lipinski definition) is 2. The molecule has 0 bridgehead atoms. The Balaban J connectivity index is 2.26. The maximum Gasteiger partial charge on any atom is 0.261 e. The Kier molecular flexibility index (Phi) is 4.72. The number of benzene rings is 2. The van der Waals surface area contributed by atoms with E-state index in [9.17, 15) is 8.42 Å². The first-order chi connectivity index (χ1) is 9.96. The highest BCUT2D eigenvalue weighted by Crippen LogP contribution is 2.27. The predicted octanol–water partition coefficient (Wildman–Crippen LogP) is 2.64. The molecule has 0 radical (unpaired) electrons. The van der Waals surface area contributed by atoms with Gasteiger partial charge in [0.05, 0.1) is 23.6 Å². The Morgan fingerprint density at radius 1 is 1.19 bits per heavy atom. The molecule has 0 aliphatic carbocycles. The minimum absolute atomic E-state index is 0.0412. The third-order valence-corrected chi connectivity index (χ3v) is 4.50. The van der Waals surface area contributed by atoms with Gasteiger partial charge in [-0.05, 0) is 35.9 Å². The van der Waals surface area contributed by atoms with E-state index in [2.05, 4.69) is 4.72 Å². The lowest BCUT2D eigenvalue weighted by atomic mass is 10.2. The second-order valence-electron chi connectivity index (χ2n) is 4.26. The average molecular weight is 328 g/mol. The van der Waals surface area contributed by atoms with E-state index in [1.807, 2.05) is 0 Å². The Bertz CT molecular complexity index is 729. The summed E-state index contributed by atoms with van der Waals surface area (Å²) in [5, 5.41) is 9.17. The van der Waals surface area contributed by atoms with Crippen molar-refractivity contribution in [3.8, 4) is 5.75 Å². The molecule has 0 saturated heterocycles. The maximum atomic E-state index is 12.2. The topological polar surface area (TPSA) is 75.6 Å². The molecule has 0 saturated carbocycles. The van der Waals surface area contributed by atoms with Crippen LogP contribution in [0.1, 0.15) is 5.56 Å². The first-order valence-corrected chi connectivity index (χ1v) is 7.88.